The fraction of sp³-hybridized carbons (Fsp3) is 0.571. The SMILES string of the molecule is CC#CC[C@H](C)C(=O)O. The summed E-state index contributed by atoms with van der Waals surface area (Å²) in [7, 11) is 0. The van der Waals surface area contributed by atoms with Crippen molar-refractivity contribution in [2.75, 3.05) is 0 Å². The molecule has 0 aliphatic rings. The molecule has 0 saturated carbocycles. The second kappa shape index (κ2) is 3.96. The van der Waals surface area contributed by atoms with E-state index in [0.717, 1.165) is 0 Å². The highest BCUT2D eigenvalue weighted by molar-refractivity contribution is 5.69. The second-order valence-corrected chi connectivity index (χ2v) is 1.87. The summed E-state index contributed by atoms with van der Waals surface area (Å²) in [5.41, 5.74) is 0. The highest BCUT2D eigenvalue weighted by Gasteiger charge is 2.07. The van der Waals surface area contributed by atoms with Crippen LogP contribution in [0.4, 0.5) is 0 Å². The van der Waals surface area contributed by atoms with Crippen LogP contribution in [-0.2, 0) is 4.79 Å². The number of carboxylic acids is 1. The lowest BCUT2D eigenvalue weighted by atomic mass is 10.1. The van der Waals surface area contributed by atoms with Gasteiger partial charge < -0.3 is 5.11 Å². The van der Waals surface area contributed by atoms with E-state index in [4.69, 9.17) is 5.11 Å². The van der Waals surface area contributed by atoms with Crippen LogP contribution in [0.2, 0.25) is 0 Å². The zero-order valence-corrected chi connectivity index (χ0v) is 5.64. The normalized spacial score (nSPS) is 11.3. The Kier molecular flexibility index (Phi) is 3.54. The summed E-state index contributed by atoms with van der Waals surface area (Å²) in [4.78, 5) is 10.1. The number of hydrogen-bond donors (Lipinski definition) is 1. The van der Waals surface area contributed by atoms with Gasteiger partial charge in [0.05, 0.1) is 5.92 Å². The van der Waals surface area contributed by atoms with Gasteiger partial charge in [0.15, 0.2) is 0 Å². The van der Waals surface area contributed by atoms with Crippen LogP contribution >= 0.6 is 0 Å². The molecule has 1 atom stereocenters. The summed E-state index contributed by atoms with van der Waals surface area (Å²) >= 11 is 0. The van der Waals surface area contributed by atoms with Crippen molar-refractivity contribution in [1.29, 1.82) is 0 Å². The molecular weight excluding hydrogens is 116 g/mol. The molecule has 1 N–H and O–H groups in total. The Morgan fingerprint density at radius 1 is 1.78 bits per heavy atom. The molecule has 0 radical (unpaired) electrons. The lowest BCUT2D eigenvalue weighted by Gasteiger charge is -1.96. The number of hydrogen-bond acceptors (Lipinski definition) is 1. The molecule has 0 aromatic carbocycles. The topological polar surface area (TPSA) is 37.3 Å². The van der Waals surface area contributed by atoms with E-state index in [1.807, 2.05) is 0 Å². The lowest BCUT2D eigenvalue weighted by molar-refractivity contribution is -0.140. The molecule has 0 rings (SSSR count). The molecule has 0 spiro atoms. The van der Waals surface area contributed by atoms with E-state index in [0.29, 0.717) is 6.42 Å². The number of carbonyl (C=O) groups is 1. The van der Waals surface area contributed by atoms with Gasteiger partial charge in [0, 0.05) is 6.42 Å². The summed E-state index contributed by atoms with van der Waals surface area (Å²) in [6.07, 6.45) is 0.450. The highest BCUT2D eigenvalue weighted by Crippen LogP contribution is 1.98. The summed E-state index contributed by atoms with van der Waals surface area (Å²) < 4.78 is 0. The predicted octanol–water partition coefficient (Wildman–Crippen LogP) is 1.12. The van der Waals surface area contributed by atoms with Gasteiger partial charge >= 0.3 is 5.97 Å². The van der Waals surface area contributed by atoms with Crippen LogP contribution in [0.15, 0.2) is 0 Å². The summed E-state index contributed by atoms with van der Waals surface area (Å²) in [5, 5.41) is 8.34. The molecule has 0 fully saturated rings. The van der Waals surface area contributed by atoms with Gasteiger partial charge in [0.2, 0.25) is 0 Å². The molecule has 0 amide bonds. The van der Waals surface area contributed by atoms with Crippen molar-refractivity contribution in [2.45, 2.75) is 20.3 Å². The monoisotopic (exact) mass is 126 g/mol. The first-order valence-electron chi connectivity index (χ1n) is 2.81. The fourth-order valence-electron chi connectivity index (χ4n) is 0.342. The molecule has 9 heavy (non-hydrogen) atoms. The first-order valence-corrected chi connectivity index (χ1v) is 2.81. The molecule has 0 heterocycles. The van der Waals surface area contributed by atoms with Gasteiger partial charge in [-0.25, -0.2) is 0 Å². The van der Waals surface area contributed by atoms with Crippen molar-refractivity contribution in [3.05, 3.63) is 0 Å². The molecule has 2 nitrogen and oxygen atoms in total. The predicted molar refractivity (Wildman–Crippen MR) is 34.9 cm³/mol. The van der Waals surface area contributed by atoms with Crippen LogP contribution < -0.4 is 0 Å². The molecule has 50 valence electrons. The van der Waals surface area contributed by atoms with Gasteiger partial charge in [-0.3, -0.25) is 4.79 Å². The first kappa shape index (κ1) is 8.03. The van der Waals surface area contributed by atoms with Gasteiger partial charge in [-0.1, -0.05) is 6.92 Å². The minimum atomic E-state index is -0.780. The Labute approximate surface area is 54.9 Å². The number of carboxylic acid groups (broad SMARTS) is 1. The maximum Gasteiger partial charge on any atom is 0.307 e. The first-order chi connectivity index (χ1) is 4.18. The summed E-state index contributed by atoms with van der Waals surface area (Å²) in [5.74, 6) is 4.22. The maximum atomic E-state index is 10.1. The van der Waals surface area contributed by atoms with E-state index in [1.165, 1.54) is 0 Å². The van der Waals surface area contributed by atoms with E-state index < -0.39 is 5.97 Å². The minimum Gasteiger partial charge on any atom is -0.481 e. The molecule has 0 bridgehead atoms. The molecule has 0 aliphatic carbocycles. The molecule has 2 heteroatoms. The minimum absolute atomic E-state index is 0.336. The van der Waals surface area contributed by atoms with Gasteiger partial charge in [-0.15, -0.1) is 11.8 Å². The largest absolute Gasteiger partial charge is 0.481 e. The average Bonchev–Trinajstić information content (AvgIpc) is 1.82. The Morgan fingerprint density at radius 3 is 2.67 bits per heavy atom. The Hall–Kier alpha value is -0.970. The second-order valence-electron chi connectivity index (χ2n) is 1.87. The van der Waals surface area contributed by atoms with Crippen molar-refractivity contribution >= 4 is 5.97 Å². The van der Waals surface area contributed by atoms with Crippen LogP contribution in [0.25, 0.3) is 0 Å². The molecular formula is C7H10O2. The van der Waals surface area contributed by atoms with E-state index in [1.54, 1.807) is 13.8 Å². The van der Waals surface area contributed by atoms with Crippen molar-refractivity contribution in [1.82, 2.24) is 0 Å². The lowest BCUT2D eigenvalue weighted by Crippen LogP contribution is -2.07. The molecule has 0 aliphatic heterocycles. The zero-order chi connectivity index (χ0) is 7.28. The van der Waals surface area contributed by atoms with Crippen LogP contribution in [0.1, 0.15) is 20.3 Å². The van der Waals surface area contributed by atoms with E-state index in [2.05, 4.69) is 11.8 Å². The Morgan fingerprint density at radius 2 is 2.33 bits per heavy atom. The van der Waals surface area contributed by atoms with Gasteiger partial charge in [0.1, 0.15) is 0 Å². The van der Waals surface area contributed by atoms with Crippen LogP contribution in [0.5, 0.6) is 0 Å². The quantitative estimate of drug-likeness (QED) is 0.563. The van der Waals surface area contributed by atoms with E-state index >= 15 is 0 Å². The van der Waals surface area contributed by atoms with Crippen LogP contribution in [0.3, 0.4) is 0 Å². The van der Waals surface area contributed by atoms with Gasteiger partial charge in [-0.2, -0.15) is 0 Å². The standard InChI is InChI=1S/C7H10O2/c1-3-4-5-6(2)7(8)9/h6H,5H2,1-2H3,(H,8,9)/t6-/m0/s1. The van der Waals surface area contributed by atoms with Gasteiger partial charge in [0.25, 0.3) is 0 Å². The number of rotatable bonds is 2. The highest BCUT2D eigenvalue weighted by atomic mass is 16.4. The van der Waals surface area contributed by atoms with Crippen molar-refractivity contribution in [3.63, 3.8) is 0 Å². The third-order valence-corrected chi connectivity index (χ3v) is 1.01. The third-order valence-electron chi connectivity index (χ3n) is 1.01. The average molecular weight is 126 g/mol. The van der Waals surface area contributed by atoms with Gasteiger partial charge in [-0.05, 0) is 6.92 Å². The van der Waals surface area contributed by atoms with Crippen molar-refractivity contribution in [3.8, 4) is 11.8 Å². The van der Waals surface area contributed by atoms with E-state index in [-0.39, 0.29) is 5.92 Å². The fourth-order valence-corrected chi connectivity index (χ4v) is 0.342. The summed E-state index contributed by atoms with van der Waals surface area (Å²) in [6, 6.07) is 0. The molecule has 0 unspecified atom stereocenters. The molecule has 0 aromatic rings. The van der Waals surface area contributed by atoms with Crippen LogP contribution in [0, 0.1) is 17.8 Å². The van der Waals surface area contributed by atoms with E-state index in [9.17, 15) is 4.79 Å². The number of aliphatic carboxylic acids is 1. The zero-order valence-electron chi connectivity index (χ0n) is 5.64. The van der Waals surface area contributed by atoms with Crippen LogP contribution in [-0.4, -0.2) is 11.1 Å². The molecule has 0 aromatic heterocycles. The summed E-state index contributed by atoms with van der Waals surface area (Å²) in [6.45, 7) is 3.35. The molecule has 0 saturated heterocycles. The third kappa shape index (κ3) is 3.60. The van der Waals surface area contributed by atoms with Crippen molar-refractivity contribution in [2.24, 2.45) is 5.92 Å². The maximum absolute atomic E-state index is 10.1. The Balaban J connectivity index is 3.59. The van der Waals surface area contributed by atoms with Crippen molar-refractivity contribution < 1.29 is 9.90 Å². The smallest absolute Gasteiger partial charge is 0.307 e. The Bertz CT molecular complexity index is 150.